The van der Waals surface area contributed by atoms with Gasteiger partial charge in [0.05, 0.1) is 0 Å². The Balaban J connectivity index is 3.52. The van der Waals surface area contributed by atoms with Crippen molar-refractivity contribution in [2.24, 2.45) is 5.92 Å². The highest BCUT2D eigenvalue weighted by atomic mass is 14.0. The molecule has 0 unspecified atom stereocenters. The summed E-state index contributed by atoms with van der Waals surface area (Å²) >= 11 is 0. The average Bonchev–Trinajstić information content (AvgIpc) is 1.87. The summed E-state index contributed by atoms with van der Waals surface area (Å²) in [5.41, 5.74) is 0. The molecule has 0 spiro atoms. The van der Waals surface area contributed by atoms with Crippen molar-refractivity contribution in [3.8, 4) is 0 Å². The Hall–Kier alpha value is 0.0649. The zero-order valence-electron chi connectivity index (χ0n) is 8.85. The third-order valence-electron chi connectivity index (χ3n) is 2.58. The quantitative estimate of drug-likeness (QED) is 0.526. The van der Waals surface area contributed by atoms with Gasteiger partial charge in [-0.25, -0.2) is 0 Å². The molecule has 0 radical (unpaired) electrons. The summed E-state index contributed by atoms with van der Waals surface area (Å²) in [6.45, 7) is 12.6. The molecule has 0 fully saturated rings. The van der Waals surface area contributed by atoms with E-state index in [1.807, 2.05) is 0 Å². The Morgan fingerprint density at radius 1 is 1.09 bits per heavy atom. The Morgan fingerprint density at radius 2 is 1.64 bits per heavy atom. The molecule has 0 aromatic heterocycles. The second kappa shape index (κ2) is 5.68. The van der Waals surface area contributed by atoms with Gasteiger partial charge in [-0.3, -0.25) is 0 Å². The van der Waals surface area contributed by atoms with Gasteiger partial charge in [0, 0.05) is 0 Å². The number of hydrogen-bond donors (Lipinski definition) is 0. The van der Waals surface area contributed by atoms with Crippen LogP contribution in [0.4, 0.5) is 0 Å². The fraction of sp³-hybridized carbons (Fsp3) is 1.00. The minimum absolute atomic E-state index is 0.874. The van der Waals surface area contributed by atoms with E-state index >= 15 is 0 Å². The Bertz CT molecular complexity index is 86.9. The molecule has 0 heterocycles. The predicted molar refractivity (Wildman–Crippen MR) is 55.6 cm³/mol. The summed E-state index contributed by atoms with van der Waals surface area (Å²) in [5, 5.41) is 0. The van der Waals surface area contributed by atoms with Gasteiger partial charge in [0.15, 0.2) is 0 Å². The molecule has 0 rings (SSSR count). The van der Waals surface area contributed by atoms with Crippen LogP contribution in [0.5, 0.6) is 0 Å². The van der Waals surface area contributed by atoms with Crippen LogP contribution >= 0.6 is 0 Å². The van der Waals surface area contributed by atoms with E-state index in [2.05, 4.69) is 34.6 Å². The van der Waals surface area contributed by atoms with Crippen LogP contribution in [0, 0.1) is 5.92 Å². The molecule has 0 aliphatic rings. The van der Waals surface area contributed by atoms with E-state index in [9.17, 15) is 0 Å². The zero-order chi connectivity index (χ0) is 8.85. The predicted octanol–water partition coefficient (Wildman–Crippen LogP) is 3.96. The van der Waals surface area contributed by atoms with Gasteiger partial charge in [-0.15, -0.1) is 0 Å². The lowest BCUT2D eigenvalue weighted by molar-refractivity contribution is 0.619. The molecule has 0 aromatic rings. The van der Waals surface area contributed by atoms with Crippen molar-refractivity contribution in [2.45, 2.75) is 59.5 Å². The van der Waals surface area contributed by atoms with Crippen molar-refractivity contribution in [2.75, 3.05) is 0 Å². The normalized spacial score (nSPS) is 11.2. The van der Waals surface area contributed by atoms with Gasteiger partial charge in [-0.2, -0.15) is 0 Å². The standard InChI is InChI=1S/C10H23B/c1-6-11(10(4)5)8-7-9(2)3/h9-10H,6-8H2,1-5H3. The SMILES string of the molecule is CCB(CCC(C)C)C(C)C. The van der Waals surface area contributed by atoms with Crippen LogP contribution in [0.15, 0.2) is 0 Å². The maximum Gasteiger partial charge on any atom is 0.142 e. The summed E-state index contributed by atoms with van der Waals surface area (Å²) in [6, 6.07) is 0. The van der Waals surface area contributed by atoms with E-state index in [0.717, 1.165) is 18.4 Å². The van der Waals surface area contributed by atoms with Crippen molar-refractivity contribution in [1.29, 1.82) is 0 Å². The molecule has 0 atom stereocenters. The van der Waals surface area contributed by atoms with E-state index in [-0.39, 0.29) is 0 Å². The molecule has 1 heteroatoms. The summed E-state index contributed by atoms with van der Waals surface area (Å²) in [4.78, 5) is 0. The lowest BCUT2D eigenvalue weighted by Gasteiger charge is -2.15. The molecule has 0 saturated heterocycles. The van der Waals surface area contributed by atoms with Gasteiger partial charge in [-0.1, -0.05) is 59.5 Å². The lowest BCUT2D eigenvalue weighted by Crippen LogP contribution is -2.15. The first-order valence-corrected chi connectivity index (χ1v) is 5.07. The van der Waals surface area contributed by atoms with Gasteiger partial charge in [0.25, 0.3) is 0 Å². The summed E-state index contributed by atoms with van der Waals surface area (Å²) in [6.07, 6.45) is 4.17. The largest absolute Gasteiger partial charge is 0.142 e. The molecule has 0 nitrogen and oxygen atoms in total. The second-order valence-electron chi connectivity index (χ2n) is 4.38. The lowest BCUT2D eigenvalue weighted by atomic mass is 9.38. The Morgan fingerprint density at radius 3 is 1.91 bits per heavy atom. The monoisotopic (exact) mass is 154 g/mol. The molecule has 0 aromatic carbocycles. The third-order valence-corrected chi connectivity index (χ3v) is 2.58. The van der Waals surface area contributed by atoms with Gasteiger partial charge in [0.1, 0.15) is 6.71 Å². The Labute approximate surface area is 72.8 Å². The van der Waals surface area contributed by atoms with Crippen molar-refractivity contribution >= 4 is 6.71 Å². The summed E-state index contributed by atoms with van der Waals surface area (Å²) in [5.74, 6) is 1.75. The molecule has 11 heavy (non-hydrogen) atoms. The fourth-order valence-corrected chi connectivity index (χ4v) is 1.56. The van der Waals surface area contributed by atoms with Crippen LogP contribution in [-0.2, 0) is 0 Å². The van der Waals surface area contributed by atoms with Crippen molar-refractivity contribution in [1.82, 2.24) is 0 Å². The van der Waals surface area contributed by atoms with E-state index < -0.39 is 0 Å². The molecule has 66 valence electrons. The van der Waals surface area contributed by atoms with Gasteiger partial charge in [-0.05, 0) is 5.92 Å². The van der Waals surface area contributed by atoms with Gasteiger partial charge >= 0.3 is 0 Å². The molecule has 0 N–H and O–H groups in total. The highest BCUT2D eigenvalue weighted by molar-refractivity contribution is 6.60. The van der Waals surface area contributed by atoms with Crippen LogP contribution in [0.25, 0.3) is 0 Å². The molecule has 0 aliphatic carbocycles. The molecule has 0 saturated carbocycles. The highest BCUT2D eigenvalue weighted by Gasteiger charge is 2.15. The summed E-state index contributed by atoms with van der Waals surface area (Å²) in [7, 11) is 0. The third kappa shape index (κ3) is 5.35. The first kappa shape index (κ1) is 11.1. The minimum Gasteiger partial charge on any atom is -0.0768 e. The summed E-state index contributed by atoms with van der Waals surface area (Å²) < 4.78 is 0. The van der Waals surface area contributed by atoms with Crippen molar-refractivity contribution in [3.05, 3.63) is 0 Å². The van der Waals surface area contributed by atoms with Crippen molar-refractivity contribution in [3.63, 3.8) is 0 Å². The zero-order valence-corrected chi connectivity index (χ0v) is 8.85. The number of rotatable bonds is 5. The van der Waals surface area contributed by atoms with E-state index in [1.165, 1.54) is 19.1 Å². The minimum atomic E-state index is 0.874. The van der Waals surface area contributed by atoms with Crippen LogP contribution < -0.4 is 0 Å². The van der Waals surface area contributed by atoms with Crippen molar-refractivity contribution < 1.29 is 0 Å². The van der Waals surface area contributed by atoms with E-state index in [1.54, 1.807) is 0 Å². The fourth-order valence-electron chi connectivity index (χ4n) is 1.56. The van der Waals surface area contributed by atoms with Crippen LogP contribution in [-0.4, -0.2) is 6.71 Å². The van der Waals surface area contributed by atoms with Crippen LogP contribution in [0.2, 0.25) is 18.5 Å². The molecule has 0 amide bonds. The van der Waals surface area contributed by atoms with Gasteiger partial charge in [0.2, 0.25) is 0 Å². The van der Waals surface area contributed by atoms with E-state index in [4.69, 9.17) is 0 Å². The Kier molecular flexibility index (Phi) is 5.72. The van der Waals surface area contributed by atoms with Crippen LogP contribution in [0.3, 0.4) is 0 Å². The average molecular weight is 154 g/mol. The maximum absolute atomic E-state index is 2.34. The smallest absolute Gasteiger partial charge is 0.0768 e. The molecule has 0 bridgehead atoms. The second-order valence-corrected chi connectivity index (χ2v) is 4.38. The molecular weight excluding hydrogens is 131 g/mol. The first-order valence-electron chi connectivity index (χ1n) is 5.07. The van der Waals surface area contributed by atoms with E-state index in [0.29, 0.717) is 0 Å². The highest BCUT2D eigenvalue weighted by Crippen LogP contribution is 2.19. The molecule has 0 aliphatic heterocycles. The van der Waals surface area contributed by atoms with Crippen LogP contribution in [0.1, 0.15) is 41.0 Å². The topological polar surface area (TPSA) is 0 Å². The first-order chi connectivity index (χ1) is 5.07. The van der Waals surface area contributed by atoms with Gasteiger partial charge < -0.3 is 0 Å². The molecular formula is C10H23B. The maximum atomic E-state index is 2.34. The number of hydrogen-bond acceptors (Lipinski definition) is 0.